The van der Waals surface area contributed by atoms with Crippen LogP contribution in [0.5, 0.6) is 0 Å². The first-order valence-corrected chi connectivity index (χ1v) is 7.87. The Morgan fingerprint density at radius 2 is 1.88 bits per heavy atom. The normalized spacial score (nSPS) is 12.1. The molecule has 0 radical (unpaired) electrons. The molecule has 120 valence electrons. The Hall–Kier alpha value is -2.90. The van der Waals surface area contributed by atoms with E-state index in [1.165, 1.54) is 5.56 Å². The maximum atomic E-state index is 9.23. The number of nitrogens with zero attached hydrogens (tertiary/aromatic N) is 3. The van der Waals surface area contributed by atoms with Crippen LogP contribution in [0.3, 0.4) is 0 Å². The Bertz CT molecular complexity index is 849. The van der Waals surface area contributed by atoms with E-state index < -0.39 is 0 Å². The molecular weight excluding hydrogens is 298 g/mol. The smallest absolute Gasteiger partial charge is 0.135 e. The van der Waals surface area contributed by atoms with Gasteiger partial charge in [-0.1, -0.05) is 12.1 Å². The predicted octanol–water partition coefficient (Wildman–Crippen LogP) is 4.41. The SMILES string of the molecule is CC(c1ccncc1)N(C)Cc1ccc(-c2ccccc2C#N)o1. The second kappa shape index (κ2) is 7.12. The molecule has 1 atom stereocenters. The van der Waals surface area contributed by atoms with Crippen molar-refractivity contribution in [1.82, 2.24) is 9.88 Å². The number of pyridine rings is 1. The summed E-state index contributed by atoms with van der Waals surface area (Å²) in [6.45, 7) is 2.85. The van der Waals surface area contributed by atoms with Gasteiger partial charge < -0.3 is 4.42 Å². The zero-order valence-electron chi connectivity index (χ0n) is 13.8. The second-order valence-corrected chi connectivity index (χ2v) is 5.79. The summed E-state index contributed by atoms with van der Waals surface area (Å²) in [6, 6.07) is 17.9. The topological polar surface area (TPSA) is 53.1 Å². The van der Waals surface area contributed by atoms with Gasteiger partial charge in [-0.25, -0.2) is 0 Å². The van der Waals surface area contributed by atoms with Crippen LogP contribution >= 0.6 is 0 Å². The van der Waals surface area contributed by atoms with Gasteiger partial charge in [0.25, 0.3) is 0 Å². The molecule has 0 spiro atoms. The molecule has 0 saturated heterocycles. The second-order valence-electron chi connectivity index (χ2n) is 5.79. The summed E-state index contributed by atoms with van der Waals surface area (Å²) < 4.78 is 5.96. The summed E-state index contributed by atoms with van der Waals surface area (Å²) in [5.41, 5.74) is 2.67. The van der Waals surface area contributed by atoms with Crippen molar-refractivity contribution in [3.05, 3.63) is 77.8 Å². The van der Waals surface area contributed by atoms with Gasteiger partial charge in [-0.2, -0.15) is 5.26 Å². The summed E-state index contributed by atoms with van der Waals surface area (Å²) >= 11 is 0. The van der Waals surface area contributed by atoms with E-state index in [1.807, 2.05) is 54.9 Å². The molecule has 1 unspecified atom stereocenters. The molecule has 4 nitrogen and oxygen atoms in total. The van der Waals surface area contributed by atoms with Crippen LogP contribution in [0.4, 0.5) is 0 Å². The zero-order chi connectivity index (χ0) is 16.9. The van der Waals surface area contributed by atoms with Gasteiger partial charge in [0, 0.05) is 24.0 Å². The first kappa shape index (κ1) is 16.0. The molecular formula is C20H19N3O. The average Bonchev–Trinajstić information content (AvgIpc) is 3.10. The minimum absolute atomic E-state index is 0.257. The standard InChI is InChI=1S/C20H19N3O/c1-15(16-9-11-22-12-10-16)23(2)14-18-7-8-20(24-18)19-6-4-3-5-17(19)13-21/h3-12,15H,14H2,1-2H3. The van der Waals surface area contributed by atoms with Crippen molar-refractivity contribution in [3.63, 3.8) is 0 Å². The number of aromatic nitrogens is 1. The van der Waals surface area contributed by atoms with Crippen molar-refractivity contribution >= 4 is 0 Å². The zero-order valence-corrected chi connectivity index (χ0v) is 13.8. The molecule has 0 aliphatic carbocycles. The highest BCUT2D eigenvalue weighted by Crippen LogP contribution is 2.27. The van der Waals surface area contributed by atoms with Crippen molar-refractivity contribution in [2.45, 2.75) is 19.5 Å². The maximum absolute atomic E-state index is 9.23. The first-order chi connectivity index (χ1) is 11.7. The molecule has 4 heteroatoms. The summed E-state index contributed by atoms with van der Waals surface area (Å²) in [5, 5.41) is 9.23. The fourth-order valence-electron chi connectivity index (χ4n) is 2.68. The van der Waals surface area contributed by atoms with Gasteiger partial charge >= 0.3 is 0 Å². The molecule has 2 aromatic heterocycles. The van der Waals surface area contributed by atoms with Gasteiger partial charge in [-0.3, -0.25) is 9.88 Å². The Labute approximate surface area is 142 Å². The summed E-state index contributed by atoms with van der Waals surface area (Å²) in [7, 11) is 2.07. The van der Waals surface area contributed by atoms with E-state index in [0.29, 0.717) is 12.1 Å². The van der Waals surface area contributed by atoms with E-state index in [2.05, 4.69) is 29.9 Å². The van der Waals surface area contributed by atoms with E-state index in [4.69, 9.17) is 4.42 Å². The maximum Gasteiger partial charge on any atom is 0.135 e. The number of hydrogen-bond donors (Lipinski definition) is 0. The monoisotopic (exact) mass is 317 g/mol. The Morgan fingerprint density at radius 3 is 2.62 bits per heavy atom. The van der Waals surface area contributed by atoms with Crippen LogP contribution < -0.4 is 0 Å². The third-order valence-corrected chi connectivity index (χ3v) is 4.23. The largest absolute Gasteiger partial charge is 0.460 e. The molecule has 0 fully saturated rings. The molecule has 24 heavy (non-hydrogen) atoms. The molecule has 3 rings (SSSR count). The number of rotatable bonds is 5. The number of furan rings is 1. The average molecular weight is 317 g/mol. The van der Waals surface area contributed by atoms with E-state index >= 15 is 0 Å². The van der Waals surface area contributed by atoms with Crippen molar-refractivity contribution < 1.29 is 4.42 Å². The van der Waals surface area contributed by atoms with Gasteiger partial charge in [0.1, 0.15) is 11.5 Å². The van der Waals surface area contributed by atoms with E-state index in [-0.39, 0.29) is 6.04 Å². The van der Waals surface area contributed by atoms with Crippen LogP contribution in [0.1, 0.15) is 29.9 Å². The molecule has 0 amide bonds. The van der Waals surface area contributed by atoms with Crippen LogP contribution in [0.2, 0.25) is 0 Å². The summed E-state index contributed by atoms with van der Waals surface area (Å²) in [6.07, 6.45) is 3.62. The highest BCUT2D eigenvalue weighted by atomic mass is 16.3. The van der Waals surface area contributed by atoms with Crippen LogP contribution in [0.25, 0.3) is 11.3 Å². The first-order valence-electron chi connectivity index (χ1n) is 7.87. The van der Waals surface area contributed by atoms with Crippen LogP contribution in [-0.2, 0) is 6.54 Å². The number of benzene rings is 1. The third-order valence-electron chi connectivity index (χ3n) is 4.23. The molecule has 0 saturated carbocycles. The fraction of sp³-hybridized carbons (Fsp3) is 0.200. The molecule has 0 N–H and O–H groups in total. The van der Waals surface area contributed by atoms with Crippen molar-refractivity contribution in [2.24, 2.45) is 0 Å². The summed E-state index contributed by atoms with van der Waals surface area (Å²) in [5.74, 6) is 1.60. The Balaban J connectivity index is 1.76. The predicted molar refractivity (Wildman–Crippen MR) is 93.0 cm³/mol. The van der Waals surface area contributed by atoms with Crippen molar-refractivity contribution in [3.8, 4) is 17.4 Å². The van der Waals surface area contributed by atoms with Crippen LogP contribution in [0.15, 0.2) is 65.3 Å². The lowest BCUT2D eigenvalue weighted by molar-refractivity contribution is 0.233. The molecule has 0 bridgehead atoms. The van der Waals surface area contributed by atoms with Crippen molar-refractivity contribution in [2.75, 3.05) is 7.05 Å². The van der Waals surface area contributed by atoms with Crippen LogP contribution in [-0.4, -0.2) is 16.9 Å². The van der Waals surface area contributed by atoms with Gasteiger partial charge in [0.05, 0.1) is 18.2 Å². The Morgan fingerprint density at radius 1 is 1.12 bits per heavy atom. The van der Waals surface area contributed by atoms with Crippen LogP contribution in [0, 0.1) is 11.3 Å². The lowest BCUT2D eigenvalue weighted by Crippen LogP contribution is -2.21. The Kier molecular flexibility index (Phi) is 4.74. The highest BCUT2D eigenvalue weighted by Gasteiger charge is 2.15. The third kappa shape index (κ3) is 3.37. The molecule has 2 heterocycles. The summed E-state index contributed by atoms with van der Waals surface area (Å²) in [4.78, 5) is 6.28. The molecule has 1 aromatic carbocycles. The minimum Gasteiger partial charge on any atom is -0.460 e. The van der Waals surface area contributed by atoms with Crippen molar-refractivity contribution in [1.29, 1.82) is 5.26 Å². The lowest BCUT2D eigenvalue weighted by Gasteiger charge is -2.23. The highest BCUT2D eigenvalue weighted by molar-refractivity contribution is 5.66. The van der Waals surface area contributed by atoms with Gasteiger partial charge in [-0.05, 0) is 55.9 Å². The number of hydrogen-bond acceptors (Lipinski definition) is 4. The van der Waals surface area contributed by atoms with E-state index in [9.17, 15) is 5.26 Å². The quantitative estimate of drug-likeness (QED) is 0.699. The van der Waals surface area contributed by atoms with E-state index in [0.717, 1.165) is 17.1 Å². The van der Waals surface area contributed by atoms with Gasteiger partial charge in [0.2, 0.25) is 0 Å². The molecule has 3 aromatic rings. The van der Waals surface area contributed by atoms with E-state index in [1.54, 1.807) is 6.07 Å². The molecule has 0 aliphatic rings. The molecule has 0 aliphatic heterocycles. The number of nitriles is 1. The minimum atomic E-state index is 0.257. The fourth-order valence-corrected chi connectivity index (χ4v) is 2.68. The van der Waals surface area contributed by atoms with Gasteiger partial charge in [0.15, 0.2) is 0 Å². The van der Waals surface area contributed by atoms with Gasteiger partial charge in [-0.15, -0.1) is 0 Å². The lowest BCUT2D eigenvalue weighted by atomic mass is 10.1.